The van der Waals surface area contributed by atoms with E-state index in [1.54, 1.807) is 16.7 Å². The molecule has 0 N–H and O–H groups in total. The first-order chi connectivity index (χ1) is 10.3. The number of ether oxygens (including phenoxy) is 1. The molecular weight excluding hydrogens is 286 g/mol. The monoisotopic (exact) mass is 311 g/mol. The zero-order chi connectivity index (χ0) is 14.7. The average Bonchev–Trinajstić information content (AvgIpc) is 2.76. The first kappa shape index (κ1) is 15.2. The topological polar surface area (TPSA) is 46.6 Å². The molecule has 0 aromatic heterocycles. The van der Waals surface area contributed by atoms with Crippen molar-refractivity contribution in [3.63, 3.8) is 0 Å². The molecular formula is C16H25NO3S. The van der Waals surface area contributed by atoms with Gasteiger partial charge in [0.2, 0.25) is 5.91 Å². The van der Waals surface area contributed by atoms with E-state index in [2.05, 4.69) is 0 Å². The van der Waals surface area contributed by atoms with E-state index >= 15 is 0 Å². The van der Waals surface area contributed by atoms with Gasteiger partial charge in [-0.25, -0.2) is 4.79 Å². The normalized spacial score (nSPS) is 28.0. The predicted octanol–water partition coefficient (Wildman–Crippen LogP) is 2.95. The van der Waals surface area contributed by atoms with Crippen molar-refractivity contribution in [2.24, 2.45) is 5.92 Å². The minimum atomic E-state index is -0.341. The molecule has 0 spiro atoms. The summed E-state index contributed by atoms with van der Waals surface area (Å²) in [6.45, 7) is 0. The second-order valence-corrected chi connectivity index (χ2v) is 7.50. The molecule has 2 aliphatic carbocycles. The van der Waals surface area contributed by atoms with Crippen LogP contribution in [0.5, 0.6) is 0 Å². The van der Waals surface area contributed by atoms with Crippen LogP contribution in [0.3, 0.4) is 0 Å². The summed E-state index contributed by atoms with van der Waals surface area (Å²) < 4.78 is 5.72. The SMILES string of the molecule is O=C(OC1CCCCCC1)[C@H]1CSCN1C(=O)C1CCC1. The molecule has 0 radical (unpaired) electrons. The highest BCUT2D eigenvalue weighted by atomic mass is 32.2. The molecule has 0 aromatic carbocycles. The molecule has 3 aliphatic rings. The number of carbonyl (C=O) groups excluding carboxylic acids is 2. The quantitative estimate of drug-likeness (QED) is 0.594. The summed E-state index contributed by atoms with van der Waals surface area (Å²) in [5.74, 6) is 1.52. The zero-order valence-corrected chi connectivity index (χ0v) is 13.4. The molecule has 3 fully saturated rings. The smallest absolute Gasteiger partial charge is 0.330 e. The number of esters is 1. The minimum absolute atomic E-state index is 0.0752. The molecule has 1 aliphatic heterocycles. The van der Waals surface area contributed by atoms with Gasteiger partial charge in [0.05, 0.1) is 5.88 Å². The Bertz CT molecular complexity index is 389. The Hall–Kier alpha value is -0.710. The third-order valence-corrected chi connectivity index (χ3v) is 5.99. The van der Waals surface area contributed by atoms with E-state index in [4.69, 9.17) is 4.74 Å². The Kier molecular flexibility index (Phi) is 5.09. The van der Waals surface area contributed by atoms with Crippen LogP contribution in [-0.4, -0.2) is 40.6 Å². The van der Waals surface area contributed by atoms with Gasteiger partial charge in [-0.3, -0.25) is 4.79 Å². The second kappa shape index (κ2) is 7.03. The van der Waals surface area contributed by atoms with E-state index in [1.165, 1.54) is 12.8 Å². The van der Waals surface area contributed by atoms with E-state index in [1.807, 2.05) is 0 Å². The van der Waals surface area contributed by atoms with Gasteiger partial charge in [-0.2, -0.15) is 0 Å². The standard InChI is InChI=1S/C16H25NO3S/c18-15(12-6-5-7-12)17-11-21-10-14(17)16(19)20-13-8-3-1-2-4-9-13/h12-14H,1-11H2/t14-/m1/s1. The molecule has 118 valence electrons. The molecule has 1 amide bonds. The molecule has 1 heterocycles. The lowest BCUT2D eigenvalue weighted by Crippen LogP contribution is -2.47. The van der Waals surface area contributed by atoms with Crippen LogP contribution in [0.2, 0.25) is 0 Å². The third-order valence-electron chi connectivity index (χ3n) is 4.98. The predicted molar refractivity (Wildman–Crippen MR) is 82.9 cm³/mol. The van der Waals surface area contributed by atoms with Crippen molar-refractivity contribution in [3.05, 3.63) is 0 Å². The number of hydrogen-bond donors (Lipinski definition) is 0. The van der Waals surface area contributed by atoms with Crippen molar-refractivity contribution in [2.75, 3.05) is 11.6 Å². The van der Waals surface area contributed by atoms with Gasteiger partial charge < -0.3 is 9.64 Å². The largest absolute Gasteiger partial charge is 0.461 e. The summed E-state index contributed by atoms with van der Waals surface area (Å²) in [7, 11) is 0. The van der Waals surface area contributed by atoms with Crippen molar-refractivity contribution in [3.8, 4) is 0 Å². The van der Waals surface area contributed by atoms with E-state index in [-0.39, 0.29) is 29.9 Å². The van der Waals surface area contributed by atoms with Gasteiger partial charge in [0.1, 0.15) is 12.1 Å². The first-order valence-electron chi connectivity index (χ1n) is 8.34. The van der Waals surface area contributed by atoms with Gasteiger partial charge >= 0.3 is 5.97 Å². The van der Waals surface area contributed by atoms with Gasteiger partial charge in [0, 0.05) is 11.7 Å². The highest BCUT2D eigenvalue weighted by Gasteiger charge is 2.40. The van der Waals surface area contributed by atoms with E-state index in [0.717, 1.165) is 44.9 Å². The summed E-state index contributed by atoms with van der Waals surface area (Å²) in [5, 5.41) is 0. The van der Waals surface area contributed by atoms with Crippen LogP contribution < -0.4 is 0 Å². The van der Waals surface area contributed by atoms with Crippen LogP contribution in [0, 0.1) is 5.92 Å². The van der Waals surface area contributed by atoms with Gasteiger partial charge in [-0.15, -0.1) is 11.8 Å². The lowest BCUT2D eigenvalue weighted by molar-refractivity contribution is -0.159. The molecule has 0 unspecified atom stereocenters. The number of amides is 1. The van der Waals surface area contributed by atoms with Gasteiger partial charge in [-0.05, 0) is 38.5 Å². The maximum atomic E-state index is 12.4. The molecule has 0 bridgehead atoms. The summed E-state index contributed by atoms with van der Waals surface area (Å²) in [6, 6.07) is -0.341. The molecule has 1 atom stereocenters. The maximum Gasteiger partial charge on any atom is 0.330 e. The third kappa shape index (κ3) is 3.55. The van der Waals surface area contributed by atoms with Gasteiger partial charge in [0.15, 0.2) is 0 Å². The molecule has 1 saturated heterocycles. The van der Waals surface area contributed by atoms with Crippen LogP contribution in [-0.2, 0) is 14.3 Å². The Balaban J connectivity index is 1.56. The zero-order valence-electron chi connectivity index (χ0n) is 12.6. The summed E-state index contributed by atoms with van der Waals surface area (Å²) in [6.07, 6.45) is 9.99. The lowest BCUT2D eigenvalue weighted by atomic mass is 9.84. The van der Waals surface area contributed by atoms with Crippen molar-refractivity contribution in [1.29, 1.82) is 0 Å². The fourth-order valence-electron chi connectivity index (χ4n) is 3.35. The van der Waals surface area contributed by atoms with Crippen molar-refractivity contribution >= 4 is 23.6 Å². The fraction of sp³-hybridized carbons (Fsp3) is 0.875. The molecule has 2 saturated carbocycles. The van der Waals surface area contributed by atoms with Crippen LogP contribution in [0.1, 0.15) is 57.8 Å². The molecule has 21 heavy (non-hydrogen) atoms. The highest BCUT2D eigenvalue weighted by molar-refractivity contribution is 7.99. The van der Waals surface area contributed by atoms with Crippen LogP contribution in [0.15, 0.2) is 0 Å². The van der Waals surface area contributed by atoms with E-state index < -0.39 is 0 Å². The van der Waals surface area contributed by atoms with E-state index in [9.17, 15) is 9.59 Å². The Morgan fingerprint density at radius 1 is 0.952 bits per heavy atom. The van der Waals surface area contributed by atoms with Crippen molar-refractivity contribution in [1.82, 2.24) is 4.90 Å². The molecule has 5 heteroatoms. The highest BCUT2D eigenvalue weighted by Crippen LogP contribution is 2.32. The summed E-state index contributed by atoms with van der Waals surface area (Å²) in [5.41, 5.74) is 0. The number of hydrogen-bond acceptors (Lipinski definition) is 4. The number of nitrogens with zero attached hydrogens (tertiary/aromatic N) is 1. The van der Waals surface area contributed by atoms with Crippen LogP contribution >= 0.6 is 11.8 Å². The number of thioether (sulfide) groups is 1. The summed E-state index contributed by atoms with van der Waals surface area (Å²) >= 11 is 1.67. The van der Waals surface area contributed by atoms with Crippen LogP contribution in [0.25, 0.3) is 0 Å². The van der Waals surface area contributed by atoms with Gasteiger partial charge in [0.25, 0.3) is 0 Å². The molecule has 3 rings (SSSR count). The first-order valence-corrected chi connectivity index (χ1v) is 9.50. The Morgan fingerprint density at radius 2 is 1.67 bits per heavy atom. The van der Waals surface area contributed by atoms with Crippen molar-refractivity contribution in [2.45, 2.75) is 69.9 Å². The number of carbonyl (C=O) groups is 2. The molecule has 4 nitrogen and oxygen atoms in total. The summed E-state index contributed by atoms with van der Waals surface area (Å²) in [4.78, 5) is 26.6. The Labute approximate surface area is 131 Å². The van der Waals surface area contributed by atoms with E-state index in [0.29, 0.717) is 11.6 Å². The van der Waals surface area contributed by atoms with Crippen molar-refractivity contribution < 1.29 is 14.3 Å². The molecule has 0 aromatic rings. The minimum Gasteiger partial charge on any atom is -0.461 e. The van der Waals surface area contributed by atoms with Crippen LogP contribution in [0.4, 0.5) is 0 Å². The lowest BCUT2D eigenvalue weighted by Gasteiger charge is -2.31. The number of rotatable bonds is 3. The fourth-order valence-corrected chi connectivity index (χ4v) is 4.50. The van der Waals surface area contributed by atoms with Gasteiger partial charge in [-0.1, -0.05) is 19.3 Å². The Morgan fingerprint density at radius 3 is 2.29 bits per heavy atom. The second-order valence-electron chi connectivity index (χ2n) is 6.50. The average molecular weight is 311 g/mol. The maximum absolute atomic E-state index is 12.4.